The number of benzene rings is 1. The monoisotopic (exact) mass is 409 g/mol. The SMILES string of the molecule is CCc1nc(N[C@@H]2c3ccccc3C[C@@H]2O)c(CC)nc1I. The fourth-order valence-corrected chi connectivity index (χ4v) is 3.76. The van der Waals surface area contributed by atoms with Gasteiger partial charge in [0.1, 0.15) is 9.52 Å². The Balaban J connectivity index is 1.96. The summed E-state index contributed by atoms with van der Waals surface area (Å²) in [5.41, 5.74) is 4.33. The molecule has 1 aromatic carbocycles. The number of aliphatic hydroxyl groups is 1. The van der Waals surface area contributed by atoms with E-state index in [4.69, 9.17) is 4.98 Å². The van der Waals surface area contributed by atoms with E-state index in [2.05, 4.69) is 58.9 Å². The van der Waals surface area contributed by atoms with E-state index in [1.165, 1.54) is 5.56 Å². The molecular formula is C17H20IN3O. The van der Waals surface area contributed by atoms with Crippen LogP contribution in [0.4, 0.5) is 5.82 Å². The van der Waals surface area contributed by atoms with Gasteiger partial charge in [-0.1, -0.05) is 38.1 Å². The predicted molar refractivity (Wildman–Crippen MR) is 96.0 cm³/mol. The van der Waals surface area contributed by atoms with Crippen LogP contribution in [0.15, 0.2) is 24.3 Å². The van der Waals surface area contributed by atoms with Gasteiger partial charge in [0, 0.05) is 6.42 Å². The van der Waals surface area contributed by atoms with Crippen molar-refractivity contribution in [1.29, 1.82) is 0 Å². The summed E-state index contributed by atoms with van der Waals surface area (Å²) in [6.07, 6.45) is 1.94. The molecule has 2 N–H and O–H groups in total. The summed E-state index contributed by atoms with van der Waals surface area (Å²) in [7, 11) is 0. The molecule has 0 saturated carbocycles. The smallest absolute Gasteiger partial charge is 0.148 e. The number of aliphatic hydroxyl groups excluding tert-OH is 1. The van der Waals surface area contributed by atoms with Gasteiger partial charge in [-0.2, -0.15) is 0 Å². The number of nitrogens with one attached hydrogen (secondary N) is 1. The first-order valence-corrected chi connectivity index (χ1v) is 8.79. The average Bonchev–Trinajstić information content (AvgIpc) is 2.84. The van der Waals surface area contributed by atoms with Crippen molar-refractivity contribution in [1.82, 2.24) is 9.97 Å². The van der Waals surface area contributed by atoms with E-state index in [0.29, 0.717) is 6.42 Å². The Bertz CT molecular complexity index is 690. The molecule has 4 nitrogen and oxygen atoms in total. The number of halogens is 1. The van der Waals surface area contributed by atoms with Crippen LogP contribution in [0.25, 0.3) is 0 Å². The van der Waals surface area contributed by atoms with Gasteiger partial charge in [0.2, 0.25) is 0 Å². The molecule has 0 radical (unpaired) electrons. The summed E-state index contributed by atoms with van der Waals surface area (Å²) >= 11 is 2.24. The van der Waals surface area contributed by atoms with E-state index < -0.39 is 6.10 Å². The third-order valence-electron chi connectivity index (χ3n) is 4.16. The second-order valence-electron chi connectivity index (χ2n) is 5.56. The van der Waals surface area contributed by atoms with Crippen molar-refractivity contribution in [3.63, 3.8) is 0 Å². The molecule has 1 aliphatic rings. The number of aryl methyl sites for hydroxylation is 2. The lowest BCUT2D eigenvalue weighted by molar-refractivity contribution is 0.165. The van der Waals surface area contributed by atoms with Gasteiger partial charge in [0.15, 0.2) is 0 Å². The summed E-state index contributed by atoms with van der Waals surface area (Å²) in [5.74, 6) is 0.806. The Hall–Kier alpha value is -1.21. The van der Waals surface area contributed by atoms with Gasteiger partial charge in [0.25, 0.3) is 0 Å². The molecule has 0 amide bonds. The lowest BCUT2D eigenvalue weighted by Gasteiger charge is -2.21. The van der Waals surface area contributed by atoms with Crippen LogP contribution in [0, 0.1) is 3.70 Å². The summed E-state index contributed by atoms with van der Waals surface area (Å²) in [4.78, 5) is 9.41. The number of anilines is 1. The van der Waals surface area contributed by atoms with Crippen LogP contribution in [-0.2, 0) is 19.3 Å². The Kier molecular flexibility index (Phi) is 4.63. The highest BCUT2D eigenvalue weighted by Gasteiger charge is 2.31. The maximum absolute atomic E-state index is 10.4. The van der Waals surface area contributed by atoms with Crippen LogP contribution in [0.1, 0.15) is 42.4 Å². The zero-order chi connectivity index (χ0) is 15.7. The largest absolute Gasteiger partial charge is 0.390 e. The van der Waals surface area contributed by atoms with Crippen LogP contribution in [0.3, 0.4) is 0 Å². The fraction of sp³-hybridized carbons (Fsp3) is 0.412. The molecule has 3 rings (SSSR count). The number of rotatable bonds is 4. The highest BCUT2D eigenvalue weighted by molar-refractivity contribution is 14.1. The number of aromatic nitrogens is 2. The van der Waals surface area contributed by atoms with E-state index in [1.54, 1.807) is 0 Å². The summed E-state index contributed by atoms with van der Waals surface area (Å²) in [5, 5.41) is 13.8. The fourth-order valence-electron chi connectivity index (χ4n) is 2.96. The Morgan fingerprint density at radius 3 is 2.64 bits per heavy atom. The van der Waals surface area contributed by atoms with Crippen LogP contribution in [0.5, 0.6) is 0 Å². The molecule has 5 heteroatoms. The second kappa shape index (κ2) is 6.50. The van der Waals surface area contributed by atoms with Gasteiger partial charge in [0.05, 0.1) is 23.5 Å². The first kappa shape index (κ1) is 15.7. The quantitative estimate of drug-likeness (QED) is 0.762. The summed E-state index contributed by atoms with van der Waals surface area (Å²) < 4.78 is 0.967. The van der Waals surface area contributed by atoms with Crippen LogP contribution in [-0.4, -0.2) is 21.2 Å². The van der Waals surface area contributed by atoms with E-state index in [0.717, 1.165) is 39.3 Å². The maximum Gasteiger partial charge on any atom is 0.148 e. The molecule has 0 unspecified atom stereocenters. The van der Waals surface area contributed by atoms with Gasteiger partial charge in [-0.15, -0.1) is 0 Å². The average molecular weight is 409 g/mol. The number of fused-ring (bicyclic) bond motifs is 1. The van der Waals surface area contributed by atoms with Crippen molar-refractivity contribution in [3.05, 3.63) is 50.5 Å². The van der Waals surface area contributed by atoms with Crippen molar-refractivity contribution in [2.24, 2.45) is 0 Å². The molecule has 0 saturated heterocycles. The maximum atomic E-state index is 10.4. The van der Waals surface area contributed by atoms with Gasteiger partial charge in [-0.05, 0) is 46.6 Å². The molecule has 0 spiro atoms. The van der Waals surface area contributed by atoms with Crippen LogP contribution >= 0.6 is 22.6 Å². The molecular weight excluding hydrogens is 389 g/mol. The lowest BCUT2D eigenvalue weighted by Crippen LogP contribution is -2.23. The molecule has 0 aliphatic heterocycles. The zero-order valence-corrected chi connectivity index (χ0v) is 15.0. The molecule has 0 fully saturated rings. The first-order valence-electron chi connectivity index (χ1n) is 7.71. The minimum atomic E-state index is -0.423. The molecule has 2 aromatic rings. The van der Waals surface area contributed by atoms with Gasteiger partial charge in [-0.3, -0.25) is 0 Å². The van der Waals surface area contributed by atoms with Gasteiger partial charge in [-0.25, -0.2) is 9.97 Å². The molecule has 1 heterocycles. The number of hydrogen-bond donors (Lipinski definition) is 2. The highest BCUT2D eigenvalue weighted by Crippen LogP contribution is 2.34. The second-order valence-corrected chi connectivity index (χ2v) is 6.58. The third kappa shape index (κ3) is 2.84. The molecule has 1 aliphatic carbocycles. The minimum absolute atomic E-state index is 0.111. The van der Waals surface area contributed by atoms with Crippen LogP contribution in [0.2, 0.25) is 0 Å². The number of nitrogens with zero attached hydrogens (tertiary/aromatic N) is 2. The van der Waals surface area contributed by atoms with E-state index in [1.807, 2.05) is 12.1 Å². The van der Waals surface area contributed by atoms with E-state index >= 15 is 0 Å². The third-order valence-corrected chi connectivity index (χ3v) is 5.02. The van der Waals surface area contributed by atoms with Crippen molar-refractivity contribution in [2.45, 2.75) is 45.3 Å². The van der Waals surface area contributed by atoms with Crippen molar-refractivity contribution in [2.75, 3.05) is 5.32 Å². The van der Waals surface area contributed by atoms with Crippen LogP contribution < -0.4 is 5.32 Å². The number of hydrogen-bond acceptors (Lipinski definition) is 4. The highest BCUT2D eigenvalue weighted by atomic mass is 127. The van der Waals surface area contributed by atoms with Crippen molar-refractivity contribution < 1.29 is 5.11 Å². The summed E-state index contributed by atoms with van der Waals surface area (Å²) in [6, 6.07) is 8.09. The van der Waals surface area contributed by atoms with Crippen molar-refractivity contribution >= 4 is 28.4 Å². The first-order chi connectivity index (χ1) is 10.6. The van der Waals surface area contributed by atoms with E-state index in [9.17, 15) is 5.11 Å². The Morgan fingerprint density at radius 1 is 1.18 bits per heavy atom. The van der Waals surface area contributed by atoms with Crippen molar-refractivity contribution in [3.8, 4) is 0 Å². The lowest BCUT2D eigenvalue weighted by atomic mass is 10.1. The standard InChI is InChI=1S/C17H20IN3O/c1-3-12-16(18)19-13(4-2)17(20-12)21-15-11-8-6-5-7-10(11)9-14(15)22/h5-8,14-15,22H,3-4,9H2,1-2H3,(H,20,21)/t14-,15+/m0/s1. The van der Waals surface area contributed by atoms with E-state index in [-0.39, 0.29) is 6.04 Å². The molecule has 116 valence electrons. The molecule has 0 bridgehead atoms. The van der Waals surface area contributed by atoms with Gasteiger partial charge < -0.3 is 10.4 Å². The summed E-state index contributed by atoms with van der Waals surface area (Å²) in [6.45, 7) is 4.16. The minimum Gasteiger partial charge on any atom is -0.390 e. The molecule has 22 heavy (non-hydrogen) atoms. The zero-order valence-electron chi connectivity index (χ0n) is 12.8. The normalized spacial score (nSPS) is 20.0. The topological polar surface area (TPSA) is 58.0 Å². The van der Waals surface area contributed by atoms with Gasteiger partial charge >= 0.3 is 0 Å². The molecule has 1 aromatic heterocycles. The Labute approximate surface area is 144 Å². The Morgan fingerprint density at radius 2 is 1.91 bits per heavy atom. The molecule has 2 atom stereocenters. The predicted octanol–water partition coefficient (Wildman–Crippen LogP) is 3.28.